The number of alkyl halides is 2. The van der Waals surface area contributed by atoms with Gasteiger partial charge in [-0.05, 0) is 43.7 Å². The molecule has 1 aromatic carbocycles. The van der Waals surface area contributed by atoms with Crippen LogP contribution in [-0.4, -0.2) is 21.5 Å². The van der Waals surface area contributed by atoms with E-state index in [1.807, 2.05) is 32.0 Å². The van der Waals surface area contributed by atoms with Crippen LogP contribution in [0.5, 0.6) is 0 Å². The molecule has 2 amide bonds. The molecule has 2 saturated carbocycles. The minimum Gasteiger partial charge on any atom is -0.274 e. The molecule has 3 nitrogen and oxygen atoms in total. The van der Waals surface area contributed by atoms with Gasteiger partial charge in [0.25, 0.3) is 0 Å². The van der Waals surface area contributed by atoms with Crippen molar-refractivity contribution in [3.05, 3.63) is 29.3 Å². The number of hydrogen-bond donors (Lipinski definition) is 0. The molecule has 2 bridgehead atoms. The lowest BCUT2D eigenvalue weighted by Crippen LogP contribution is -2.37. The van der Waals surface area contributed by atoms with Crippen LogP contribution in [0.2, 0.25) is 0 Å². The van der Waals surface area contributed by atoms with E-state index in [9.17, 15) is 9.59 Å². The lowest BCUT2D eigenvalue weighted by molar-refractivity contribution is -0.123. The summed E-state index contributed by atoms with van der Waals surface area (Å²) in [6, 6.07) is 5.89. The van der Waals surface area contributed by atoms with Crippen LogP contribution in [0.3, 0.4) is 0 Å². The van der Waals surface area contributed by atoms with Gasteiger partial charge in [-0.1, -0.05) is 49.6 Å². The minimum atomic E-state index is -0.142. The van der Waals surface area contributed by atoms with E-state index in [0.29, 0.717) is 0 Å². The van der Waals surface area contributed by atoms with Gasteiger partial charge in [-0.15, -0.1) is 0 Å². The number of fused-ring (bicyclic) bond motifs is 5. The molecule has 1 aromatic rings. The second-order valence-corrected chi connectivity index (χ2v) is 8.92. The van der Waals surface area contributed by atoms with E-state index in [0.717, 1.165) is 23.2 Å². The second kappa shape index (κ2) is 4.91. The summed E-state index contributed by atoms with van der Waals surface area (Å²) >= 11 is 7.43. The van der Waals surface area contributed by atoms with Crippen molar-refractivity contribution in [2.24, 2.45) is 23.7 Å². The molecule has 0 radical (unpaired) electrons. The first-order chi connectivity index (χ1) is 10.4. The molecule has 0 unspecified atom stereocenters. The molecule has 3 fully saturated rings. The Hall–Kier alpha value is -0.680. The standard InChI is InChI=1S/C17H17Br2NO2/c1-7-3-4-11(8(2)5-7)20-16(21)12-9-6-10(13(12)17(20)22)15(19)14(9)18/h3-5,9-10,12-15H,6H2,1-2H3/t9-,10+,12-,13-,14+,15-/m0/s1. The maximum Gasteiger partial charge on any atom is 0.238 e. The number of benzene rings is 1. The molecule has 1 saturated heterocycles. The summed E-state index contributed by atoms with van der Waals surface area (Å²) in [5.74, 6) is 0.252. The van der Waals surface area contributed by atoms with E-state index in [-0.39, 0.29) is 45.1 Å². The highest BCUT2D eigenvalue weighted by molar-refractivity contribution is 9.12. The lowest BCUT2D eigenvalue weighted by atomic mass is 9.81. The van der Waals surface area contributed by atoms with Crippen LogP contribution in [0.25, 0.3) is 0 Å². The molecular weight excluding hydrogens is 410 g/mol. The number of rotatable bonds is 1. The van der Waals surface area contributed by atoms with E-state index >= 15 is 0 Å². The van der Waals surface area contributed by atoms with Crippen LogP contribution >= 0.6 is 31.9 Å². The number of anilines is 1. The maximum atomic E-state index is 12.9. The van der Waals surface area contributed by atoms with Crippen molar-refractivity contribution in [2.45, 2.75) is 29.9 Å². The molecule has 116 valence electrons. The van der Waals surface area contributed by atoms with Crippen molar-refractivity contribution in [3.63, 3.8) is 0 Å². The average molecular weight is 427 g/mol. The quantitative estimate of drug-likeness (QED) is 0.508. The predicted octanol–water partition coefficient (Wildman–Crippen LogP) is 3.59. The highest BCUT2D eigenvalue weighted by Gasteiger charge is 2.66. The van der Waals surface area contributed by atoms with Gasteiger partial charge in [0, 0.05) is 9.65 Å². The van der Waals surface area contributed by atoms with Crippen molar-refractivity contribution >= 4 is 49.4 Å². The van der Waals surface area contributed by atoms with Gasteiger partial charge in [0.15, 0.2) is 0 Å². The number of carbonyl (C=O) groups excluding carboxylic acids is 2. The van der Waals surface area contributed by atoms with E-state index in [2.05, 4.69) is 31.9 Å². The molecule has 1 heterocycles. The molecule has 4 rings (SSSR count). The monoisotopic (exact) mass is 425 g/mol. The summed E-state index contributed by atoms with van der Waals surface area (Å²) in [5.41, 5.74) is 2.88. The minimum absolute atomic E-state index is 0.00157. The first kappa shape index (κ1) is 14.9. The fourth-order valence-corrected chi connectivity index (χ4v) is 6.52. The highest BCUT2D eigenvalue weighted by Crippen LogP contribution is 2.60. The number of nitrogens with zero attached hydrogens (tertiary/aromatic N) is 1. The Labute approximate surface area is 146 Å². The predicted molar refractivity (Wildman–Crippen MR) is 92.4 cm³/mol. The third kappa shape index (κ3) is 1.78. The zero-order chi connectivity index (χ0) is 15.8. The second-order valence-electron chi connectivity index (χ2n) is 6.81. The third-order valence-electron chi connectivity index (χ3n) is 5.58. The summed E-state index contributed by atoms with van der Waals surface area (Å²) in [5, 5.41) is 0. The Balaban J connectivity index is 1.76. The Morgan fingerprint density at radius 2 is 1.55 bits per heavy atom. The Kier molecular flexibility index (Phi) is 3.32. The zero-order valence-electron chi connectivity index (χ0n) is 12.4. The topological polar surface area (TPSA) is 37.4 Å². The zero-order valence-corrected chi connectivity index (χ0v) is 15.6. The number of amides is 2. The van der Waals surface area contributed by atoms with Gasteiger partial charge < -0.3 is 0 Å². The van der Waals surface area contributed by atoms with E-state index in [1.54, 1.807) is 0 Å². The van der Waals surface area contributed by atoms with Gasteiger partial charge in [0.1, 0.15) is 0 Å². The molecule has 6 atom stereocenters. The van der Waals surface area contributed by atoms with Crippen LogP contribution in [-0.2, 0) is 9.59 Å². The van der Waals surface area contributed by atoms with Gasteiger partial charge in [0.2, 0.25) is 11.8 Å². The number of carbonyl (C=O) groups is 2. The Bertz CT molecular complexity index is 657. The lowest BCUT2D eigenvalue weighted by Gasteiger charge is -2.28. The highest BCUT2D eigenvalue weighted by atomic mass is 79.9. The summed E-state index contributed by atoms with van der Waals surface area (Å²) in [6.45, 7) is 3.98. The van der Waals surface area contributed by atoms with Gasteiger partial charge in [0.05, 0.1) is 17.5 Å². The van der Waals surface area contributed by atoms with Gasteiger partial charge >= 0.3 is 0 Å². The van der Waals surface area contributed by atoms with Crippen LogP contribution in [0.4, 0.5) is 5.69 Å². The molecule has 2 aliphatic carbocycles. The van der Waals surface area contributed by atoms with Crippen LogP contribution in [0.1, 0.15) is 17.5 Å². The molecule has 22 heavy (non-hydrogen) atoms. The van der Waals surface area contributed by atoms with Gasteiger partial charge in [-0.2, -0.15) is 0 Å². The van der Waals surface area contributed by atoms with Crippen molar-refractivity contribution in [3.8, 4) is 0 Å². The van der Waals surface area contributed by atoms with Crippen molar-refractivity contribution in [1.82, 2.24) is 0 Å². The summed E-state index contributed by atoms with van der Waals surface area (Å²) in [4.78, 5) is 27.9. The maximum absolute atomic E-state index is 12.9. The van der Waals surface area contributed by atoms with Crippen molar-refractivity contribution in [2.75, 3.05) is 4.90 Å². The smallest absolute Gasteiger partial charge is 0.238 e. The Morgan fingerprint density at radius 1 is 1.00 bits per heavy atom. The molecule has 1 aliphatic heterocycles. The SMILES string of the molecule is Cc1ccc(N2C(=O)[C@H]3[C@@H]4C[C@@H]([C@H](Br)[C@@H]4Br)[C@@H]3C2=O)c(C)c1. The normalized spacial score (nSPS) is 39.7. The number of hydrogen-bond acceptors (Lipinski definition) is 2. The first-order valence-corrected chi connectivity index (χ1v) is 9.48. The molecule has 5 heteroatoms. The molecular formula is C17H17Br2NO2. The number of halogens is 2. The fourth-order valence-electron chi connectivity index (χ4n) is 4.64. The summed E-state index contributed by atoms with van der Waals surface area (Å²) in [7, 11) is 0. The van der Waals surface area contributed by atoms with Crippen LogP contribution in [0, 0.1) is 37.5 Å². The molecule has 0 N–H and O–H groups in total. The summed E-state index contributed by atoms with van der Waals surface area (Å²) < 4.78 is 0. The fraction of sp³-hybridized carbons (Fsp3) is 0.529. The van der Waals surface area contributed by atoms with E-state index in [1.165, 1.54) is 4.90 Å². The average Bonchev–Trinajstić information content (AvgIpc) is 3.06. The summed E-state index contributed by atoms with van der Waals surface area (Å²) in [6.07, 6.45) is 0.972. The number of imide groups is 1. The molecule has 0 aromatic heterocycles. The number of aryl methyl sites for hydroxylation is 2. The molecule has 3 aliphatic rings. The molecule has 0 spiro atoms. The Morgan fingerprint density at radius 3 is 2.05 bits per heavy atom. The third-order valence-corrected chi connectivity index (χ3v) is 8.79. The van der Waals surface area contributed by atoms with Crippen molar-refractivity contribution in [1.29, 1.82) is 0 Å². The van der Waals surface area contributed by atoms with Crippen LogP contribution < -0.4 is 4.90 Å². The van der Waals surface area contributed by atoms with Crippen LogP contribution in [0.15, 0.2) is 18.2 Å². The van der Waals surface area contributed by atoms with Gasteiger partial charge in [-0.25, -0.2) is 4.90 Å². The van der Waals surface area contributed by atoms with Gasteiger partial charge in [-0.3, -0.25) is 9.59 Å². The first-order valence-electron chi connectivity index (χ1n) is 7.65. The van der Waals surface area contributed by atoms with Crippen molar-refractivity contribution < 1.29 is 9.59 Å². The van der Waals surface area contributed by atoms with E-state index < -0.39 is 0 Å². The van der Waals surface area contributed by atoms with E-state index in [4.69, 9.17) is 0 Å². The largest absolute Gasteiger partial charge is 0.274 e.